The van der Waals surface area contributed by atoms with Crippen LogP contribution in [0, 0.1) is 0 Å². The second-order valence-electron chi connectivity index (χ2n) is 3.50. The van der Waals surface area contributed by atoms with Crippen molar-refractivity contribution in [3.05, 3.63) is 10.2 Å². The summed E-state index contributed by atoms with van der Waals surface area (Å²) in [4.78, 5) is 33.1. The Morgan fingerprint density at radius 1 is 1.53 bits per heavy atom. The van der Waals surface area contributed by atoms with Gasteiger partial charge in [-0.05, 0) is 15.9 Å². The molecule has 0 bridgehead atoms. The van der Waals surface area contributed by atoms with Crippen LogP contribution in [0.15, 0.2) is 4.47 Å². The topological polar surface area (TPSA) is 102 Å². The molecule has 0 unspecified atom stereocenters. The smallest absolute Gasteiger partial charge is 0.357 e. The van der Waals surface area contributed by atoms with Gasteiger partial charge in [-0.3, -0.25) is 14.3 Å². The molecule has 2 N–H and O–H groups in total. The van der Waals surface area contributed by atoms with Crippen LogP contribution in [0.5, 0.6) is 0 Å². The number of carbonyl (C=O) groups excluding carboxylic acids is 3. The molecule has 0 spiro atoms. The van der Waals surface area contributed by atoms with Gasteiger partial charge in [0.2, 0.25) is 12.3 Å². The summed E-state index contributed by atoms with van der Waals surface area (Å²) in [6.07, 6.45) is 0.620. The Balaban J connectivity index is 2.77. The Bertz CT molecular complexity index is 500. The van der Waals surface area contributed by atoms with Crippen LogP contribution >= 0.6 is 15.9 Å². The molecular weight excluding hydrogens is 320 g/mol. The number of methoxy groups -OCH3 is 1. The zero-order valence-corrected chi connectivity index (χ0v) is 12.0. The molecule has 1 aromatic rings. The molecule has 0 aliphatic carbocycles. The SMILES string of the molecule is COC(=O)c1c(Br)c(NC(=O)CCNC=O)nn1C. The summed E-state index contributed by atoms with van der Waals surface area (Å²) in [6.45, 7) is 0.226. The van der Waals surface area contributed by atoms with Gasteiger partial charge in [-0.1, -0.05) is 0 Å². The number of ether oxygens (including phenoxy) is 1. The Hall–Kier alpha value is -1.90. The largest absolute Gasteiger partial charge is 0.464 e. The molecule has 0 aliphatic rings. The predicted octanol–water partition coefficient (Wildman–Crippen LogP) is 0.0438. The fourth-order valence-corrected chi connectivity index (χ4v) is 1.93. The van der Waals surface area contributed by atoms with Gasteiger partial charge in [-0.2, -0.15) is 5.10 Å². The van der Waals surface area contributed by atoms with Crippen LogP contribution in [-0.2, 0) is 21.4 Å². The van der Waals surface area contributed by atoms with Gasteiger partial charge in [0, 0.05) is 20.0 Å². The van der Waals surface area contributed by atoms with Crippen LogP contribution in [0.25, 0.3) is 0 Å². The van der Waals surface area contributed by atoms with E-state index in [0.29, 0.717) is 10.9 Å². The van der Waals surface area contributed by atoms with Crippen molar-refractivity contribution in [1.82, 2.24) is 15.1 Å². The summed E-state index contributed by atoms with van der Waals surface area (Å²) in [7, 11) is 2.81. The number of hydrogen-bond acceptors (Lipinski definition) is 5. The van der Waals surface area contributed by atoms with E-state index < -0.39 is 5.97 Å². The van der Waals surface area contributed by atoms with Gasteiger partial charge in [0.15, 0.2) is 11.5 Å². The highest BCUT2D eigenvalue weighted by atomic mass is 79.9. The van der Waals surface area contributed by atoms with E-state index in [-0.39, 0.29) is 30.4 Å². The van der Waals surface area contributed by atoms with Crippen LogP contribution in [0.1, 0.15) is 16.9 Å². The molecule has 0 aromatic carbocycles. The van der Waals surface area contributed by atoms with Crippen LogP contribution < -0.4 is 10.6 Å². The molecule has 0 saturated heterocycles. The highest BCUT2D eigenvalue weighted by Gasteiger charge is 2.21. The monoisotopic (exact) mass is 332 g/mol. The number of nitrogens with zero attached hydrogens (tertiary/aromatic N) is 2. The molecule has 0 fully saturated rings. The number of amides is 2. The molecule has 0 atom stereocenters. The molecule has 2 amide bonds. The molecule has 104 valence electrons. The van der Waals surface area contributed by atoms with Crippen molar-refractivity contribution in [2.24, 2.45) is 7.05 Å². The highest BCUT2D eigenvalue weighted by Crippen LogP contribution is 2.26. The van der Waals surface area contributed by atoms with Crippen LogP contribution in [0.2, 0.25) is 0 Å². The number of esters is 1. The zero-order chi connectivity index (χ0) is 14.4. The molecule has 0 saturated carbocycles. The van der Waals surface area contributed by atoms with Gasteiger partial charge in [0.1, 0.15) is 0 Å². The molecule has 19 heavy (non-hydrogen) atoms. The number of rotatable bonds is 6. The molecule has 0 aliphatic heterocycles. The van der Waals surface area contributed by atoms with Gasteiger partial charge in [-0.15, -0.1) is 0 Å². The summed E-state index contributed by atoms with van der Waals surface area (Å²) in [6, 6.07) is 0. The fourth-order valence-electron chi connectivity index (χ4n) is 1.34. The summed E-state index contributed by atoms with van der Waals surface area (Å²) >= 11 is 3.18. The van der Waals surface area contributed by atoms with Crippen molar-refractivity contribution in [1.29, 1.82) is 0 Å². The van der Waals surface area contributed by atoms with Gasteiger partial charge >= 0.3 is 5.97 Å². The van der Waals surface area contributed by atoms with E-state index in [0.717, 1.165) is 0 Å². The van der Waals surface area contributed by atoms with Crippen LogP contribution in [-0.4, -0.2) is 41.7 Å². The van der Waals surface area contributed by atoms with E-state index in [4.69, 9.17) is 0 Å². The minimum atomic E-state index is -0.565. The van der Waals surface area contributed by atoms with Crippen molar-refractivity contribution in [2.45, 2.75) is 6.42 Å². The first-order chi connectivity index (χ1) is 9.01. The lowest BCUT2D eigenvalue weighted by Crippen LogP contribution is -2.20. The first-order valence-electron chi connectivity index (χ1n) is 5.29. The fraction of sp³-hybridized carbons (Fsp3) is 0.400. The van der Waals surface area contributed by atoms with E-state index in [1.165, 1.54) is 11.8 Å². The van der Waals surface area contributed by atoms with Gasteiger partial charge in [-0.25, -0.2) is 4.79 Å². The molecule has 1 heterocycles. The summed E-state index contributed by atoms with van der Waals surface area (Å²) in [5, 5.41) is 8.89. The Labute approximate surface area is 117 Å². The minimum absolute atomic E-state index is 0.106. The number of aromatic nitrogens is 2. The number of hydrogen-bond donors (Lipinski definition) is 2. The average molecular weight is 333 g/mol. The Kier molecular flexibility index (Phi) is 5.49. The Morgan fingerprint density at radius 3 is 2.79 bits per heavy atom. The predicted molar refractivity (Wildman–Crippen MR) is 69.6 cm³/mol. The van der Waals surface area contributed by atoms with Crippen molar-refractivity contribution < 1.29 is 19.1 Å². The normalized spacial score (nSPS) is 9.84. The third-order valence-electron chi connectivity index (χ3n) is 2.21. The maximum Gasteiger partial charge on any atom is 0.357 e. The number of carbonyl (C=O) groups is 3. The third kappa shape index (κ3) is 3.78. The van der Waals surface area contributed by atoms with Gasteiger partial charge in [0.25, 0.3) is 0 Å². The lowest BCUT2D eigenvalue weighted by molar-refractivity contribution is -0.116. The van der Waals surface area contributed by atoms with Crippen molar-refractivity contribution in [3.63, 3.8) is 0 Å². The quantitative estimate of drug-likeness (QED) is 0.435. The maximum atomic E-state index is 11.5. The lowest BCUT2D eigenvalue weighted by atomic mass is 10.4. The molecule has 9 heteroatoms. The molecule has 1 rings (SSSR count). The van der Waals surface area contributed by atoms with E-state index in [1.54, 1.807) is 7.05 Å². The van der Waals surface area contributed by atoms with E-state index >= 15 is 0 Å². The first-order valence-corrected chi connectivity index (χ1v) is 6.08. The first kappa shape index (κ1) is 15.2. The average Bonchev–Trinajstić information content (AvgIpc) is 2.64. The highest BCUT2D eigenvalue weighted by molar-refractivity contribution is 9.10. The number of nitrogens with one attached hydrogen (secondary N) is 2. The van der Waals surface area contributed by atoms with Crippen molar-refractivity contribution in [3.8, 4) is 0 Å². The number of aryl methyl sites for hydroxylation is 1. The summed E-state index contributed by atoms with van der Waals surface area (Å²) < 4.78 is 6.25. The number of anilines is 1. The van der Waals surface area contributed by atoms with Crippen molar-refractivity contribution >= 4 is 40.0 Å². The molecule has 1 aromatic heterocycles. The summed E-state index contributed by atoms with van der Waals surface area (Å²) in [5.41, 5.74) is 0.198. The maximum absolute atomic E-state index is 11.5. The van der Waals surface area contributed by atoms with E-state index in [1.807, 2.05) is 0 Å². The third-order valence-corrected chi connectivity index (χ3v) is 2.96. The Morgan fingerprint density at radius 2 is 2.21 bits per heavy atom. The number of halogens is 1. The standard InChI is InChI=1S/C10H13BrN4O4/c1-15-8(10(18)19-2)7(11)9(14-15)13-6(17)3-4-12-5-16/h5H,3-4H2,1-2H3,(H,12,16)(H,13,14,17). The van der Waals surface area contributed by atoms with E-state index in [9.17, 15) is 14.4 Å². The minimum Gasteiger partial charge on any atom is -0.464 e. The zero-order valence-electron chi connectivity index (χ0n) is 10.4. The summed E-state index contributed by atoms with van der Waals surface area (Å²) in [5.74, 6) is -0.673. The van der Waals surface area contributed by atoms with Gasteiger partial charge < -0.3 is 15.4 Å². The molecule has 0 radical (unpaired) electrons. The van der Waals surface area contributed by atoms with Crippen molar-refractivity contribution in [2.75, 3.05) is 19.0 Å². The lowest BCUT2D eigenvalue weighted by Gasteiger charge is -2.02. The second kappa shape index (κ2) is 6.88. The van der Waals surface area contributed by atoms with Crippen LogP contribution in [0.4, 0.5) is 5.82 Å². The van der Waals surface area contributed by atoms with Crippen LogP contribution in [0.3, 0.4) is 0 Å². The van der Waals surface area contributed by atoms with E-state index in [2.05, 4.69) is 36.4 Å². The second-order valence-corrected chi connectivity index (χ2v) is 4.29. The van der Waals surface area contributed by atoms with Gasteiger partial charge in [0.05, 0.1) is 11.6 Å². The molecular formula is C10H13BrN4O4. The molecule has 8 nitrogen and oxygen atoms in total.